The maximum atomic E-state index is 11.1. The van der Waals surface area contributed by atoms with E-state index in [9.17, 15) is 10.1 Å². The predicted octanol–water partition coefficient (Wildman–Crippen LogP) is 3.55. The van der Waals surface area contributed by atoms with E-state index in [-0.39, 0.29) is 11.5 Å². The number of hydrogen-bond donors (Lipinski definition) is 1. The summed E-state index contributed by atoms with van der Waals surface area (Å²) in [6.07, 6.45) is 5.07. The van der Waals surface area contributed by atoms with Gasteiger partial charge < -0.3 is 5.32 Å². The molecule has 0 saturated carbocycles. The van der Waals surface area contributed by atoms with Crippen LogP contribution in [0.1, 0.15) is 5.56 Å². The first-order valence-corrected chi connectivity index (χ1v) is 7.56. The molecule has 1 N–H and O–H groups in total. The van der Waals surface area contributed by atoms with Crippen LogP contribution in [0.3, 0.4) is 0 Å². The summed E-state index contributed by atoms with van der Waals surface area (Å²) in [6, 6.07) is 11.0. The summed E-state index contributed by atoms with van der Waals surface area (Å²) < 4.78 is 2.31. The Hall–Kier alpha value is -2.74. The third-order valence-electron chi connectivity index (χ3n) is 3.22. The van der Waals surface area contributed by atoms with Crippen molar-refractivity contribution < 1.29 is 4.92 Å². The van der Waals surface area contributed by atoms with Crippen LogP contribution in [0, 0.1) is 10.1 Å². The fraction of sp³-hybridized carbons (Fsp3) is 0.0667. The lowest BCUT2D eigenvalue weighted by molar-refractivity contribution is -0.384. The average Bonchev–Trinajstić information content (AvgIpc) is 3.08. The molecule has 3 aromatic rings. The van der Waals surface area contributed by atoms with Crippen LogP contribution in [-0.2, 0) is 6.54 Å². The molecule has 0 saturated heterocycles. The number of nitrogens with one attached hydrogen (secondary N) is 1. The standard InChI is InChI=1S/C15H12BrN5O2/c16-12-8-14(21(22)23)15(18-10-12)17-9-11-4-1-2-5-13(11)20-7-3-6-19-20/h1-8,10H,9H2,(H,17,18). The molecule has 0 radical (unpaired) electrons. The molecule has 7 nitrogen and oxygen atoms in total. The Labute approximate surface area is 140 Å². The number of benzene rings is 1. The third-order valence-corrected chi connectivity index (χ3v) is 3.65. The van der Waals surface area contributed by atoms with Gasteiger partial charge in [0, 0.05) is 35.7 Å². The van der Waals surface area contributed by atoms with Crippen molar-refractivity contribution in [3.8, 4) is 5.69 Å². The van der Waals surface area contributed by atoms with E-state index in [1.54, 1.807) is 10.9 Å². The van der Waals surface area contributed by atoms with Crippen LogP contribution in [0.5, 0.6) is 0 Å². The molecule has 116 valence electrons. The number of hydrogen-bond acceptors (Lipinski definition) is 5. The molecular formula is C15H12BrN5O2. The van der Waals surface area contributed by atoms with Crippen LogP contribution in [0.15, 0.2) is 59.5 Å². The van der Waals surface area contributed by atoms with Crippen LogP contribution in [0.25, 0.3) is 5.69 Å². The maximum absolute atomic E-state index is 11.1. The second kappa shape index (κ2) is 6.57. The molecule has 0 amide bonds. The highest BCUT2D eigenvalue weighted by molar-refractivity contribution is 9.10. The zero-order valence-corrected chi connectivity index (χ0v) is 13.5. The van der Waals surface area contributed by atoms with Crippen molar-refractivity contribution in [2.45, 2.75) is 6.54 Å². The molecule has 0 aliphatic carbocycles. The van der Waals surface area contributed by atoms with E-state index in [0.29, 0.717) is 11.0 Å². The highest BCUT2D eigenvalue weighted by Crippen LogP contribution is 2.26. The minimum Gasteiger partial charge on any atom is -0.360 e. The van der Waals surface area contributed by atoms with Gasteiger partial charge in [-0.05, 0) is 33.6 Å². The molecule has 2 heterocycles. The Kier molecular flexibility index (Phi) is 4.33. The second-order valence-corrected chi connectivity index (χ2v) is 5.63. The lowest BCUT2D eigenvalue weighted by Crippen LogP contribution is -2.08. The number of halogens is 1. The fourth-order valence-corrected chi connectivity index (χ4v) is 2.50. The van der Waals surface area contributed by atoms with E-state index < -0.39 is 4.92 Å². The van der Waals surface area contributed by atoms with Crippen LogP contribution in [0.2, 0.25) is 0 Å². The van der Waals surface area contributed by atoms with Crippen LogP contribution < -0.4 is 5.32 Å². The highest BCUT2D eigenvalue weighted by Gasteiger charge is 2.16. The van der Waals surface area contributed by atoms with E-state index in [0.717, 1.165) is 11.3 Å². The van der Waals surface area contributed by atoms with Gasteiger partial charge in [-0.2, -0.15) is 5.10 Å². The van der Waals surface area contributed by atoms with Crippen molar-refractivity contribution in [3.05, 3.63) is 75.1 Å². The smallest absolute Gasteiger partial charge is 0.312 e. The number of pyridine rings is 1. The third kappa shape index (κ3) is 3.37. The van der Waals surface area contributed by atoms with Gasteiger partial charge in [0.1, 0.15) is 0 Å². The highest BCUT2D eigenvalue weighted by atomic mass is 79.9. The topological polar surface area (TPSA) is 85.9 Å². The van der Waals surface area contributed by atoms with Crippen LogP contribution >= 0.6 is 15.9 Å². The molecule has 0 atom stereocenters. The van der Waals surface area contributed by atoms with E-state index in [1.165, 1.54) is 12.3 Å². The summed E-state index contributed by atoms with van der Waals surface area (Å²) in [5, 5.41) is 18.4. The number of anilines is 1. The minimum absolute atomic E-state index is 0.0732. The second-order valence-electron chi connectivity index (χ2n) is 4.71. The molecule has 0 spiro atoms. The molecule has 3 rings (SSSR count). The molecule has 0 bridgehead atoms. The Morgan fingerprint density at radius 1 is 1.30 bits per heavy atom. The molecule has 0 unspecified atom stereocenters. The molecule has 23 heavy (non-hydrogen) atoms. The number of rotatable bonds is 5. The average molecular weight is 374 g/mol. The van der Waals surface area contributed by atoms with Gasteiger partial charge in [-0.3, -0.25) is 10.1 Å². The van der Waals surface area contributed by atoms with Crippen molar-refractivity contribution >= 4 is 27.4 Å². The van der Waals surface area contributed by atoms with Crippen LogP contribution in [0.4, 0.5) is 11.5 Å². The predicted molar refractivity (Wildman–Crippen MR) is 89.5 cm³/mol. The summed E-state index contributed by atoms with van der Waals surface area (Å²) in [5.74, 6) is 0.230. The zero-order valence-electron chi connectivity index (χ0n) is 11.9. The Morgan fingerprint density at radius 2 is 2.13 bits per heavy atom. The molecular weight excluding hydrogens is 362 g/mol. The fourth-order valence-electron chi connectivity index (χ4n) is 2.18. The number of aromatic nitrogens is 3. The quantitative estimate of drug-likeness (QED) is 0.545. The van der Waals surface area contributed by atoms with Crippen molar-refractivity contribution in [2.75, 3.05) is 5.32 Å². The summed E-state index contributed by atoms with van der Waals surface area (Å²) in [6.45, 7) is 0.394. The number of nitrogens with zero attached hydrogens (tertiary/aromatic N) is 4. The summed E-state index contributed by atoms with van der Waals surface area (Å²) in [5.41, 5.74) is 1.79. The van der Waals surface area contributed by atoms with Gasteiger partial charge in [0.25, 0.3) is 0 Å². The normalized spacial score (nSPS) is 10.5. The summed E-state index contributed by atoms with van der Waals surface area (Å²) in [4.78, 5) is 14.8. The van der Waals surface area contributed by atoms with Gasteiger partial charge in [-0.15, -0.1) is 0 Å². The SMILES string of the molecule is O=[N+]([O-])c1cc(Br)cnc1NCc1ccccc1-n1cccn1. The Balaban J connectivity index is 1.87. The van der Waals surface area contributed by atoms with E-state index in [1.807, 2.05) is 36.5 Å². The molecule has 2 aromatic heterocycles. The zero-order chi connectivity index (χ0) is 16.2. The monoisotopic (exact) mass is 373 g/mol. The van der Waals surface area contributed by atoms with E-state index >= 15 is 0 Å². The lowest BCUT2D eigenvalue weighted by atomic mass is 10.1. The van der Waals surface area contributed by atoms with Gasteiger partial charge in [-0.1, -0.05) is 18.2 Å². The summed E-state index contributed by atoms with van der Waals surface area (Å²) >= 11 is 3.19. The van der Waals surface area contributed by atoms with Crippen molar-refractivity contribution in [1.82, 2.24) is 14.8 Å². The largest absolute Gasteiger partial charge is 0.360 e. The Bertz CT molecular complexity index is 836. The van der Waals surface area contributed by atoms with Crippen molar-refractivity contribution in [1.29, 1.82) is 0 Å². The molecule has 8 heteroatoms. The Morgan fingerprint density at radius 3 is 2.87 bits per heavy atom. The molecule has 0 fully saturated rings. The minimum atomic E-state index is -0.459. The molecule has 1 aromatic carbocycles. The first-order valence-electron chi connectivity index (χ1n) is 6.77. The van der Waals surface area contributed by atoms with E-state index in [4.69, 9.17) is 0 Å². The van der Waals surface area contributed by atoms with Gasteiger partial charge in [0.05, 0.1) is 10.6 Å². The number of para-hydroxylation sites is 1. The first-order chi connectivity index (χ1) is 11.1. The van der Waals surface area contributed by atoms with E-state index in [2.05, 4.69) is 31.3 Å². The molecule has 0 aliphatic rings. The van der Waals surface area contributed by atoms with Gasteiger partial charge in [0.15, 0.2) is 0 Å². The van der Waals surface area contributed by atoms with Crippen molar-refractivity contribution in [2.24, 2.45) is 0 Å². The summed E-state index contributed by atoms with van der Waals surface area (Å²) in [7, 11) is 0. The van der Waals surface area contributed by atoms with Crippen molar-refractivity contribution in [3.63, 3.8) is 0 Å². The lowest BCUT2D eigenvalue weighted by Gasteiger charge is -2.11. The van der Waals surface area contributed by atoms with Gasteiger partial charge >= 0.3 is 5.69 Å². The number of nitro groups is 1. The molecule has 0 aliphatic heterocycles. The maximum Gasteiger partial charge on any atom is 0.312 e. The van der Waals surface area contributed by atoms with Gasteiger partial charge in [0.2, 0.25) is 5.82 Å². The van der Waals surface area contributed by atoms with Crippen LogP contribution in [-0.4, -0.2) is 19.7 Å². The first kappa shape index (κ1) is 15.2. The van der Waals surface area contributed by atoms with Gasteiger partial charge in [-0.25, -0.2) is 9.67 Å².